The second-order valence-corrected chi connectivity index (χ2v) is 6.84. The summed E-state index contributed by atoms with van der Waals surface area (Å²) in [6.45, 7) is 5.41. The van der Waals surface area contributed by atoms with Gasteiger partial charge in [-0.25, -0.2) is 0 Å². The van der Waals surface area contributed by atoms with Crippen molar-refractivity contribution in [2.24, 2.45) is 5.92 Å². The third-order valence-corrected chi connectivity index (χ3v) is 4.31. The number of fused-ring (bicyclic) bond motifs is 1. The van der Waals surface area contributed by atoms with Gasteiger partial charge in [-0.15, -0.1) is 0 Å². The first kappa shape index (κ1) is 16.9. The molecule has 0 saturated heterocycles. The number of carbonyl (C=O) groups excluding carboxylic acids is 1. The Labute approximate surface area is 149 Å². The Bertz CT molecular complexity index is 726. The molecule has 2 heterocycles. The zero-order valence-electron chi connectivity index (χ0n) is 13.7. The highest BCUT2D eigenvalue weighted by molar-refractivity contribution is 9.10. The van der Waals surface area contributed by atoms with E-state index in [2.05, 4.69) is 35.1 Å². The molecule has 1 atom stereocenters. The molecule has 0 fully saturated rings. The summed E-state index contributed by atoms with van der Waals surface area (Å²) in [7, 11) is 0. The lowest BCUT2D eigenvalue weighted by molar-refractivity contribution is 0.0896. The molecule has 6 heteroatoms. The number of nitrogens with one attached hydrogen (secondary N) is 1. The van der Waals surface area contributed by atoms with Gasteiger partial charge in [-0.05, 0) is 51.7 Å². The normalized spacial score (nSPS) is 15.0. The summed E-state index contributed by atoms with van der Waals surface area (Å²) in [4.78, 5) is 12.4. The molecule has 0 bridgehead atoms. The Kier molecular flexibility index (Phi) is 5.14. The van der Waals surface area contributed by atoms with Crippen molar-refractivity contribution in [2.45, 2.75) is 26.3 Å². The third kappa shape index (κ3) is 3.75. The van der Waals surface area contributed by atoms with Crippen LogP contribution in [0.4, 0.5) is 0 Å². The van der Waals surface area contributed by atoms with Crippen LogP contribution in [0.3, 0.4) is 0 Å². The van der Waals surface area contributed by atoms with E-state index in [-0.39, 0.29) is 23.6 Å². The summed E-state index contributed by atoms with van der Waals surface area (Å²) in [5.74, 6) is 1.72. The number of hydrogen-bond acceptors (Lipinski definition) is 4. The van der Waals surface area contributed by atoms with E-state index in [1.54, 1.807) is 12.1 Å². The molecule has 1 N–H and O–H groups in total. The van der Waals surface area contributed by atoms with Crippen LogP contribution in [0.25, 0.3) is 0 Å². The number of amides is 1. The summed E-state index contributed by atoms with van der Waals surface area (Å²) < 4.78 is 17.3. The first-order valence-electron chi connectivity index (χ1n) is 8.00. The zero-order chi connectivity index (χ0) is 17.1. The average molecular weight is 394 g/mol. The molecule has 1 amide bonds. The van der Waals surface area contributed by atoms with Crippen LogP contribution in [0.2, 0.25) is 0 Å². The quantitative estimate of drug-likeness (QED) is 0.839. The average Bonchev–Trinajstić information content (AvgIpc) is 2.86. The van der Waals surface area contributed by atoms with Crippen LogP contribution in [0.1, 0.15) is 42.4 Å². The van der Waals surface area contributed by atoms with Gasteiger partial charge in [0.25, 0.3) is 5.91 Å². The van der Waals surface area contributed by atoms with Gasteiger partial charge in [0.05, 0.1) is 19.3 Å². The van der Waals surface area contributed by atoms with Gasteiger partial charge in [0.1, 0.15) is 0 Å². The van der Waals surface area contributed by atoms with E-state index in [0.717, 1.165) is 23.5 Å². The second-order valence-electron chi connectivity index (χ2n) is 6.06. The smallest absolute Gasteiger partial charge is 0.287 e. The van der Waals surface area contributed by atoms with Crippen LogP contribution in [-0.4, -0.2) is 19.1 Å². The predicted molar refractivity (Wildman–Crippen MR) is 93.5 cm³/mol. The van der Waals surface area contributed by atoms with Crippen molar-refractivity contribution >= 4 is 21.8 Å². The standard InChI is InChI=1S/C18H20BrNO4/c1-11(2)17(20-18(21)14-6-7-16(19)24-14)12-4-5-13-15(10-12)23-9-3-8-22-13/h4-7,10-11,17H,3,8-9H2,1-2H3,(H,20,21). The maximum absolute atomic E-state index is 12.4. The van der Waals surface area contributed by atoms with Crippen molar-refractivity contribution in [3.63, 3.8) is 0 Å². The highest BCUT2D eigenvalue weighted by Crippen LogP contribution is 2.34. The lowest BCUT2D eigenvalue weighted by atomic mass is 9.95. The van der Waals surface area contributed by atoms with Crippen LogP contribution >= 0.6 is 15.9 Å². The second kappa shape index (κ2) is 7.30. The van der Waals surface area contributed by atoms with Crippen molar-refractivity contribution < 1.29 is 18.7 Å². The molecule has 0 aliphatic carbocycles. The van der Waals surface area contributed by atoms with Crippen molar-refractivity contribution in [1.29, 1.82) is 0 Å². The van der Waals surface area contributed by atoms with Gasteiger partial charge >= 0.3 is 0 Å². The highest BCUT2D eigenvalue weighted by Gasteiger charge is 2.23. The fourth-order valence-corrected chi connectivity index (χ4v) is 2.96. The largest absolute Gasteiger partial charge is 0.490 e. The van der Waals surface area contributed by atoms with Gasteiger partial charge in [0.2, 0.25) is 0 Å². The first-order chi connectivity index (χ1) is 11.5. The topological polar surface area (TPSA) is 60.7 Å². The fourth-order valence-electron chi connectivity index (χ4n) is 2.66. The molecule has 0 radical (unpaired) electrons. The molecular weight excluding hydrogens is 374 g/mol. The number of benzene rings is 1. The Morgan fingerprint density at radius 3 is 2.54 bits per heavy atom. The minimum atomic E-state index is -0.244. The molecule has 128 valence electrons. The van der Waals surface area contributed by atoms with Gasteiger partial charge in [0, 0.05) is 6.42 Å². The molecule has 1 aromatic carbocycles. The molecule has 0 spiro atoms. The first-order valence-corrected chi connectivity index (χ1v) is 8.79. The third-order valence-electron chi connectivity index (χ3n) is 3.88. The molecule has 1 aliphatic heterocycles. The van der Waals surface area contributed by atoms with Gasteiger partial charge in [0.15, 0.2) is 21.9 Å². The maximum atomic E-state index is 12.4. The Hall–Kier alpha value is -1.95. The Morgan fingerprint density at radius 2 is 1.88 bits per heavy atom. The minimum Gasteiger partial charge on any atom is -0.490 e. The van der Waals surface area contributed by atoms with Crippen LogP contribution < -0.4 is 14.8 Å². The lowest BCUT2D eigenvalue weighted by Crippen LogP contribution is -2.31. The Morgan fingerprint density at radius 1 is 1.12 bits per heavy atom. The summed E-state index contributed by atoms with van der Waals surface area (Å²) in [5.41, 5.74) is 0.980. The molecule has 0 saturated carbocycles. The zero-order valence-corrected chi connectivity index (χ0v) is 15.3. The number of halogens is 1. The van der Waals surface area contributed by atoms with E-state index in [4.69, 9.17) is 13.9 Å². The Balaban J connectivity index is 1.83. The van der Waals surface area contributed by atoms with Gasteiger partial charge in [-0.3, -0.25) is 4.79 Å². The van der Waals surface area contributed by atoms with Crippen molar-refractivity contribution in [1.82, 2.24) is 5.32 Å². The van der Waals surface area contributed by atoms with Gasteiger partial charge < -0.3 is 19.2 Å². The van der Waals surface area contributed by atoms with Crippen molar-refractivity contribution in [3.8, 4) is 11.5 Å². The van der Waals surface area contributed by atoms with Gasteiger partial charge in [-0.2, -0.15) is 0 Å². The van der Waals surface area contributed by atoms with E-state index in [1.165, 1.54) is 0 Å². The minimum absolute atomic E-state index is 0.154. The molecule has 24 heavy (non-hydrogen) atoms. The monoisotopic (exact) mass is 393 g/mol. The molecule has 1 aromatic heterocycles. The number of furan rings is 1. The summed E-state index contributed by atoms with van der Waals surface area (Å²) in [5, 5.41) is 3.03. The molecule has 5 nitrogen and oxygen atoms in total. The van der Waals surface area contributed by atoms with E-state index in [0.29, 0.717) is 17.9 Å². The maximum Gasteiger partial charge on any atom is 0.287 e. The highest BCUT2D eigenvalue weighted by atomic mass is 79.9. The van der Waals surface area contributed by atoms with E-state index in [1.807, 2.05) is 18.2 Å². The van der Waals surface area contributed by atoms with Crippen LogP contribution in [-0.2, 0) is 0 Å². The number of ether oxygens (including phenoxy) is 2. The van der Waals surface area contributed by atoms with Crippen LogP contribution in [0.15, 0.2) is 39.4 Å². The van der Waals surface area contributed by atoms with E-state index < -0.39 is 0 Å². The van der Waals surface area contributed by atoms with Crippen molar-refractivity contribution in [2.75, 3.05) is 13.2 Å². The molecular formula is C18H20BrNO4. The van der Waals surface area contributed by atoms with E-state index in [9.17, 15) is 4.79 Å². The molecule has 1 aliphatic rings. The SMILES string of the molecule is CC(C)C(NC(=O)c1ccc(Br)o1)c1ccc2c(c1)OCCCO2. The molecule has 2 aromatic rings. The lowest BCUT2D eigenvalue weighted by Gasteiger charge is -2.23. The fraction of sp³-hybridized carbons (Fsp3) is 0.389. The van der Waals surface area contributed by atoms with Crippen LogP contribution in [0.5, 0.6) is 11.5 Å². The number of rotatable bonds is 4. The van der Waals surface area contributed by atoms with Crippen molar-refractivity contribution in [3.05, 3.63) is 46.3 Å². The summed E-state index contributed by atoms with van der Waals surface area (Å²) >= 11 is 3.21. The van der Waals surface area contributed by atoms with Gasteiger partial charge in [-0.1, -0.05) is 19.9 Å². The summed E-state index contributed by atoms with van der Waals surface area (Å²) in [6.07, 6.45) is 0.863. The van der Waals surface area contributed by atoms with E-state index >= 15 is 0 Å². The number of hydrogen-bond donors (Lipinski definition) is 1. The number of carbonyl (C=O) groups is 1. The van der Waals surface area contributed by atoms with Crippen LogP contribution in [0, 0.1) is 5.92 Å². The summed E-state index contributed by atoms with van der Waals surface area (Å²) in [6, 6.07) is 9.01. The predicted octanol–water partition coefficient (Wildman–Crippen LogP) is 4.33. The molecule has 3 rings (SSSR count). The molecule has 1 unspecified atom stereocenters.